The van der Waals surface area contributed by atoms with Gasteiger partial charge in [-0.05, 0) is 31.5 Å². The molecule has 2 aromatic rings. The monoisotopic (exact) mass is 262 g/mol. The van der Waals surface area contributed by atoms with Crippen molar-refractivity contribution in [2.75, 3.05) is 24.4 Å². The molecule has 0 bridgehead atoms. The maximum Gasteiger partial charge on any atom is 0.221 e. The normalized spacial score (nSPS) is 11.2. The number of hydrogen-bond donors (Lipinski definition) is 2. The third-order valence-electron chi connectivity index (χ3n) is 2.42. The molecule has 0 spiro atoms. The zero-order valence-electron chi connectivity index (χ0n) is 10.3. The second kappa shape index (κ2) is 4.78. The summed E-state index contributed by atoms with van der Waals surface area (Å²) in [6.07, 6.45) is 1.57. The van der Waals surface area contributed by atoms with Crippen LogP contribution in [0.15, 0.2) is 36.5 Å². The second-order valence-corrected chi connectivity index (χ2v) is 7.48. The highest BCUT2D eigenvalue weighted by Crippen LogP contribution is 2.38. The molecule has 5 nitrogen and oxygen atoms in total. The van der Waals surface area contributed by atoms with Crippen LogP contribution in [0.3, 0.4) is 0 Å². The van der Waals surface area contributed by atoms with Crippen LogP contribution in [0.5, 0.6) is 0 Å². The maximum absolute atomic E-state index is 12.2. The van der Waals surface area contributed by atoms with Crippen molar-refractivity contribution in [2.24, 2.45) is 0 Å². The lowest BCUT2D eigenvalue weighted by molar-refractivity contribution is 0.588. The lowest BCUT2D eigenvalue weighted by atomic mass is 10.3. The van der Waals surface area contributed by atoms with E-state index in [0.29, 0.717) is 5.82 Å². The van der Waals surface area contributed by atoms with Crippen LogP contribution in [-0.2, 0) is 4.57 Å². The Bertz CT molecular complexity index is 609. The number of rotatable bonds is 3. The smallest absolute Gasteiger partial charge is 0.221 e. The molecule has 6 heteroatoms. The molecule has 18 heavy (non-hydrogen) atoms. The number of nitrogens with one attached hydrogen (secondary N) is 1. The van der Waals surface area contributed by atoms with E-state index in [2.05, 4.69) is 15.3 Å². The Morgan fingerprint density at radius 2 is 1.94 bits per heavy atom. The summed E-state index contributed by atoms with van der Waals surface area (Å²) in [5.41, 5.74) is 6.30. The molecule has 1 aromatic heterocycles. The fraction of sp³-hybridized carbons (Fsp3) is 0.167. The first-order valence-corrected chi connectivity index (χ1v) is 8.07. The van der Waals surface area contributed by atoms with Gasteiger partial charge in [0, 0.05) is 11.5 Å². The summed E-state index contributed by atoms with van der Waals surface area (Å²) in [7, 11) is -2.34. The van der Waals surface area contributed by atoms with Gasteiger partial charge in [-0.25, -0.2) is 4.98 Å². The van der Waals surface area contributed by atoms with Gasteiger partial charge in [-0.3, -0.25) is 0 Å². The average molecular weight is 262 g/mol. The van der Waals surface area contributed by atoms with Gasteiger partial charge in [-0.1, -0.05) is 12.1 Å². The summed E-state index contributed by atoms with van der Waals surface area (Å²) < 4.78 is 12.2. The van der Waals surface area contributed by atoms with Crippen molar-refractivity contribution in [2.45, 2.75) is 0 Å². The molecular weight excluding hydrogens is 247 g/mol. The fourth-order valence-electron chi connectivity index (χ4n) is 1.63. The van der Waals surface area contributed by atoms with Gasteiger partial charge in [0.05, 0.1) is 5.69 Å². The molecule has 1 aromatic carbocycles. The Balaban J connectivity index is 2.38. The minimum Gasteiger partial charge on any atom is -0.368 e. The molecule has 0 atom stereocenters. The van der Waals surface area contributed by atoms with Crippen LogP contribution in [0.4, 0.5) is 17.5 Å². The molecule has 0 saturated carbocycles. The number of aromatic nitrogens is 2. The number of nitrogen functional groups attached to an aromatic ring is 1. The highest BCUT2D eigenvalue weighted by molar-refractivity contribution is 7.70. The zero-order valence-corrected chi connectivity index (χ0v) is 11.2. The van der Waals surface area contributed by atoms with E-state index >= 15 is 0 Å². The van der Waals surface area contributed by atoms with Crippen molar-refractivity contribution >= 4 is 29.9 Å². The molecule has 0 unspecified atom stereocenters. The summed E-state index contributed by atoms with van der Waals surface area (Å²) in [6, 6.07) is 9.19. The van der Waals surface area contributed by atoms with E-state index in [1.54, 1.807) is 25.6 Å². The molecule has 0 fully saturated rings. The standard InChI is InChI=1S/C12H15N4OP/c1-18(2,17)10-6-4-3-5-9(10)15-11-7-8-14-12(13)16-11/h3-8H,1-2H3,(H3,13,14,15,16). The van der Waals surface area contributed by atoms with Crippen LogP contribution >= 0.6 is 7.14 Å². The Hall–Kier alpha value is -1.87. The summed E-state index contributed by atoms with van der Waals surface area (Å²) in [5.74, 6) is 0.789. The quantitative estimate of drug-likeness (QED) is 0.827. The minimum atomic E-state index is -2.34. The molecular formula is C12H15N4OP. The lowest BCUT2D eigenvalue weighted by Crippen LogP contribution is -2.10. The summed E-state index contributed by atoms with van der Waals surface area (Å²) in [4.78, 5) is 7.88. The predicted molar refractivity (Wildman–Crippen MR) is 75.3 cm³/mol. The van der Waals surface area contributed by atoms with Gasteiger partial charge in [0.15, 0.2) is 0 Å². The van der Waals surface area contributed by atoms with Gasteiger partial charge in [-0.2, -0.15) is 4.98 Å². The Labute approximate surface area is 106 Å². The molecule has 0 saturated heterocycles. The van der Waals surface area contributed by atoms with Crippen molar-refractivity contribution < 1.29 is 4.57 Å². The Morgan fingerprint density at radius 3 is 2.61 bits per heavy atom. The number of nitrogens with two attached hydrogens (primary N) is 1. The third kappa shape index (κ3) is 2.87. The Kier molecular flexibility index (Phi) is 3.34. The van der Waals surface area contributed by atoms with Gasteiger partial charge in [0.2, 0.25) is 5.95 Å². The molecule has 94 valence electrons. The number of anilines is 3. The molecule has 2 rings (SSSR count). The maximum atomic E-state index is 12.2. The molecule has 3 N–H and O–H groups in total. The van der Waals surface area contributed by atoms with Crippen LogP contribution in [0.25, 0.3) is 0 Å². The van der Waals surface area contributed by atoms with Crippen LogP contribution in [0, 0.1) is 0 Å². The van der Waals surface area contributed by atoms with Gasteiger partial charge in [-0.15, -0.1) is 0 Å². The van der Waals surface area contributed by atoms with Crippen LogP contribution in [0.1, 0.15) is 0 Å². The first kappa shape index (κ1) is 12.6. The van der Waals surface area contributed by atoms with E-state index < -0.39 is 7.14 Å². The number of nitrogens with zero attached hydrogens (tertiary/aromatic N) is 2. The van der Waals surface area contributed by atoms with Crippen molar-refractivity contribution in [3.8, 4) is 0 Å². The van der Waals surface area contributed by atoms with E-state index in [1.165, 1.54) is 0 Å². The predicted octanol–water partition coefficient (Wildman–Crippen LogP) is 2.05. The second-order valence-electron chi connectivity index (χ2n) is 4.29. The largest absolute Gasteiger partial charge is 0.368 e. The van der Waals surface area contributed by atoms with Crippen molar-refractivity contribution in [1.29, 1.82) is 0 Å². The average Bonchev–Trinajstić information content (AvgIpc) is 2.28. The van der Waals surface area contributed by atoms with E-state index in [0.717, 1.165) is 11.0 Å². The summed E-state index contributed by atoms with van der Waals surface area (Å²) >= 11 is 0. The first-order valence-electron chi connectivity index (χ1n) is 5.47. The van der Waals surface area contributed by atoms with E-state index in [-0.39, 0.29) is 5.95 Å². The molecule has 0 aliphatic rings. The van der Waals surface area contributed by atoms with E-state index in [9.17, 15) is 4.57 Å². The van der Waals surface area contributed by atoms with Crippen LogP contribution < -0.4 is 16.4 Å². The van der Waals surface area contributed by atoms with Gasteiger partial charge in [0.25, 0.3) is 0 Å². The first-order chi connectivity index (χ1) is 8.47. The number of benzene rings is 1. The number of hydrogen-bond acceptors (Lipinski definition) is 5. The van der Waals surface area contributed by atoms with E-state index in [4.69, 9.17) is 5.73 Å². The van der Waals surface area contributed by atoms with Crippen LogP contribution in [-0.4, -0.2) is 23.3 Å². The minimum absolute atomic E-state index is 0.202. The fourth-order valence-corrected chi connectivity index (χ4v) is 2.79. The Morgan fingerprint density at radius 1 is 1.22 bits per heavy atom. The SMILES string of the molecule is CP(C)(=O)c1ccccc1Nc1ccnc(N)n1. The molecule has 1 heterocycles. The summed E-state index contributed by atoms with van der Waals surface area (Å²) in [6.45, 7) is 3.48. The lowest BCUT2D eigenvalue weighted by Gasteiger charge is -2.14. The third-order valence-corrected chi connectivity index (χ3v) is 3.97. The zero-order chi connectivity index (χ0) is 13.2. The summed E-state index contributed by atoms with van der Waals surface area (Å²) in [5, 5.41) is 3.91. The van der Waals surface area contributed by atoms with Crippen molar-refractivity contribution in [1.82, 2.24) is 9.97 Å². The van der Waals surface area contributed by atoms with Crippen LogP contribution in [0.2, 0.25) is 0 Å². The number of para-hydroxylation sites is 1. The van der Waals surface area contributed by atoms with Crippen molar-refractivity contribution in [3.05, 3.63) is 36.5 Å². The molecule has 0 amide bonds. The highest BCUT2D eigenvalue weighted by atomic mass is 31.2. The topological polar surface area (TPSA) is 80.9 Å². The molecule has 0 aliphatic heterocycles. The highest BCUT2D eigenvalue weighted by Gasteiger charge is 2.15. The van der Waals surface area contributed by atoms with Gasteiger partial charge in [0.1, 0.15) is 13.0 Å². The van der Waals surface area contributed by atoms with Crippen molar-refractivity contribution in [3.63, 3.8) is 0 Å². The van der Waals surface area contributed by atoms with Gasteiger partial charge < -0.3 is 15.6 Å². The molecule has 0 aliphatic carbocycles. The van der Waals surface area contributed by atoms with E-state index in [1.807, 2.05) is 24.3 Å². The molecule has 0 radical (unpaired) electrons. The van der Waals surface area contributed by atoms with Gasteiger partial charge >= 0.3 is 0 Å².